The molecule has 3 heterocycles. The van der Waals surface area contributed by atoms with E-state index in [-0.39, 0.29) is 0 Å². The molecule has 4 heteroatoms. The Balaban J connectivity index is 1.02. The van der Waals surface area contributed by atoms with Crippen molar-refractivity contribution in [2.75, 3.05) is 0 Å². The minimum absolute atomic E-state index is 0.849. The van der Waals surface area contributed by atoms with Crippen LogP contribution >= 0.6 is 0 Å². The molecule has 0 fully saturated rings. The van der Waals surface area contributed by atoms with Gasteiger partial charge in [0.15, 0.2) is 0 Å². The molecule has 232 valence electrons. The molecule has 0 aliphatic rings. The van der Waals surface area contributed by atoms with Crippen LogP contribution in [0.4, 0.5) is 0 Å². The van der Waals surface area contributed by atoms with E-state index in [1.165, 1.54) is 10.8 Å². The third kappa shape index (κ3) is 3.99. The molecule has 0 saturated heterocycles. The van der Waals surface area contributed by atoms with Crippen molar-refractivity contribution in [3.05, 3.63) is 158 Å². The lowest BCUT2D eigenvalue weighted by atomic mass is 9.96. The van der Waals surface area contributed by atoms with Gasteiger partial charge in [-0.05, 0) is 57.8 Å². The molecule has 0 aliphatic carbocycles. The fourth-order valence-corrected chi connectivity index (χ4v) is 7.73. The van der Waals surface area contributed by atoms with E-state index in [0.29, 0.717) is 0 Å². The molecule has 8 aromatic carbocycles. The smallest absolute Gasteiger partial charge is 0.143 e. The summed E-state index contributed by atoms with van der Waals surface area (Å²) < 4.78 is 12.8. The maximum Gasteiger partial charge on any atom is 0.143 e. The summed E-state index contributed by atoms with van der Waals surface area (Å²) in [6.45, 7) is 0. The van der Waals surface area contributed by atoms with Gasteiger partial charge in [0.25, 0.3) is 0 Å². The van der Waals surface area contributed by atoms with E-state index in [9.17, 15) is 0 Å². The van der Waals surface area contributed by atoms with Crippen LogP contribution in [0.3, 0.4) is 0 Å². The van der Waals surface area contributed by atoms with Gasteiger partial charge in [-0.3, -0.25) is 4.98 Å². The molecule has 0 radical (unpaired) electrons. The molecule has 0 unspecified atom stereocenters. The Labute approximate surface area is 285 Å². The van der Waals surface area contributed by atoms with Gasteiger partial charge >= 0.3 is 0 Å². The number of rotatable bonds is 3. The number of hydrogen-bond acceptors (Lipinski definition) is 4. The zero-order chi connectivity index (χ0) is 32.8. The third-order valence-electron chi connectivity index (χ3n) is 10.1. The highest BCUT2D eigenvalue weighted by molar-refractivity contribution is 6.23. The maximum absolute atomic E-state index is 6.62. The first-order chi connectivity index (χ1) is 24.8. The van der Waals surface area contributed by atoms with Crippen LogP contribution in [-0.4, -0.2) is 9.97 Å². The first-order valence-electron chi connectivity index (χ1n) is 16.8. The monoisotopic (exact) mass is 638 g/mol. The summed E-state index contributed by atoms with van der Waals surface area (Å²) in [5, 5.41) is 8.90. The molecule has 50 heavy (non-hydrogen) atoms. The van der Waals surface area contributed by atoms with E-state index in [0.717, 1.165) is 99.2 Å². The van der Waals surface area contributed by atoms with Gasteiger partial charge in [-0.2, -0.15) is 0 Å². The molecule has 0 aliphatic heterocycles. The molecule has 0 N–H and O–H groups in total. The maximum atomic E-state index is 6.62. The van der Waals surface area contributed by atoms with Crippen LogP contribution in [-0.2, 0) is 0 Å². The predicted molar refractivity (Wildman–Crippen MR) is 205 cm³/mol. The van der Waals surface area contributed by atoms with Crippen molar-refractivity contribution < 1.29 is 8.83 Å². The number of fused-ring (bicyclic) bond motifs is 12. The van der Waals surface area contributed by atoms with Crippen molar-refractivity contribution in [1.29, 1.82) is 0 Å². The Bertz CT molecular complexity index is 3130. The summed E-state index contributed by atoms with van der Waals surface area (Å²) in [6.07, 6.45) is 1.90. The summed E-state index contributed by atoms with van der Waals surface area (Å²) in [7, 11) is 0. The van der Waals surface area contributed by atoms with Crippen LogP contribution in [0.2, 0.25) is 0 Å². The van der Waals surface area contributed by atoms with Gasteiger partial charge in [0, 0.05) is 43.4 Å². The summed E-state index contributed by atoms with van der Waals surface area (Å²) in [5.74, 6) is 0. The lowest BCUT2D eigenvalue weighted by molar-refractivity contribution is 0.664. The Morgan fingerprint density at radius 3 is 1.70 bits per heavy atom. The number of benzene rings is 8. The highest BCUT2D eigenvalue weighted by Gasteiger charge is 2.17. The van der Waals surface area contributed by atoms with E-state index < -0.39 is 0 Å². The number of para-hydroxylation sites is 2. The van der Waals surface area contributed by atoms with Gasteiger partial charge in [-0.25, -0.2) is 4.98 Å². The summed E-state index contributed by atoms with van der Waals surface area (Å²) in [6, 6.07) is 52.9. The van der Waals surface area contributed by atoms with E-state index in [1.807, 2.05) is 24.4 Å². The molecule has 0 spiro atoms. The molecule has 11 rings (SSSR count). The van der Waals surface area contributed by atoms with Gasteiger partial charge in [-0.15, -0.1) is 0 Å². The molecular weight excluding hydrogens is 613 g/mol. The van der Waals surface area contributed by atoms with Crippen molar-refractivity contribution in [2.45, 2.75) is 0 Å². The average molecular weight is 639 g/mol. The highest BCUT2D eigenvalue weighted by atomic mass is 16.3. The second kappa shape index (κ2) is 10.4. The molecule has 4 nitrogen and oxygen atoms in total. The number of hydrogen-bond donors (Lipinski definition) is 0. The highest BCUT2D eigenvalue weighted by Crippen LogP contribution is 2.41. The van der Waals surface area contributed by atoms with Crippen LogP contribution < -0.4 is 0 Å². The van der Waals surface area contributed by atoms with Gasteiger partial charge in [0.1, 0.15) is 22.3 Å². The van der Waals surface area contributed by atoms with E-state index >= 15 is 0 Å². The van der Waals surface area contributed by atoms with Crippen molar-refractivity contribution >= 4 is 76.5 Å². The van der Waals surface area contributed by atoms with E-state index in [4.69, 9.17) is 18.8 Å². The number of furan rings is 2. The van der Waals surface area contributed by atoms with Crippen LogP contribution in [0.25, 0.3) is 110 Å². The van der Waals surface area contributed by atoms with Crippen molar-refractivity contribution in [3.63, 3.8) is 0 Å². The number of aromatic nitrogens is 2. The summed E-state index contributed by atoms with van der Waals surface area (Å²) in [5.41, 5.74) is 11.6. The lowest BCUT2D eigenvalue weighted by Crippen LogP contribution is -1.92. The molecule has 11 aromatic rings. The minimum atomic E-state index is 0.849. The second-order valence-corrected chi connectivity index (χ2v) is 12.9. The third-order valence-corrected chi connectivity index (χ3v) is 10.1. The van der Waals surface area contributed by atoms with Crippen LogP contribution in [0, 0.1) is 0 Å². The topological polar surface area (TPSA) is 52.1 Å². The van der Waals surface area contributed by atoms with Gasteiger partial charge in [0.05, 0.1) is 22.9 Å². The quantitative estimate of drug-likeness (QED) is 0.181. The Kier molecular flexibility index (Phi) is 5.63. The number of nitrogens with zero attached hydrogens (tertiary/aromatic N) is 2. The van der Waals surface area contributed by atoms with Crippen molar-refractivity contribution in [1.82, 2.24) is 9.97 Å². The van der Waals surface area contributed by atoms with Gasteiger partial charge in [0.2, 0.25) is 0 Å². The fourth-order valence-electron chi connectivity index (χ4n) is 7.73. The Morgan fingerprint density at radius 2 is 0.920 bits per heavy atom. The second-order valence-electron chi connectivity index (χ2n) is 12.9. The minimum Gasteiger partial charge on any atom is -0.456 e. The zero-order valence-electron chi connectivity index (χ0n) is 26.7. The molecular formula is C46H26N2O2. The van der Waals surface area contributed by atoms with E-state index in [2.05, 4.69) is 133 Å². The lowest BCUT2D eigenvalue weighted by Gasteiger charge is -2.11. The average Bonchev–Trinajstić information content (AvgIpc) is 3.74. The predicted octanol–water partition coefficient (Wildman–Crippen LogP) is 12.7. The van der Waals surface area contributed by atoms with Crippen molar-refractivity contribution in [2.24, 2.45) is 0 Å². The molecule has 0 bridgehead atoms. The van der Waals surface area contributed by atoms with Crippen molar-refractivity contribution in [3.8, 4) is 33.5 Å². The van der Waals surface area contributed by atoms with Crippen LogP contribution in [0.5, 0.6) is 0 Å². The summed E-state index contributed by atoms with van der Waals surface area (Å²) >= 11 is 0. The Morgan fingerprint density at radius 1 is 0.360 bits per heavy atom. The van der Waals surface area contributed by atoms with Crippen LogP contribution in [0.15, 0.2) is 167 Å². The molecule has 0 saturated carbocycles. The molecule has 0 atom stereocenters. The molecule has 3 aromatic heterocycles. The fraction of sp³-hybridized carbons (Fsp3) is 0. The first-order valence-corrected chi connectivity index (χ1v) is 16.8. The normalized spacial score (nSPS) is 12.0. The first kappa shape index (κ1) is 27.2. The Hall–Kier alpha value is -6.78. The standard InChI is InChI=1S/C46H26N2O2/c1-3-17-35-32(14-1)33-15-2-4-18-36(33)45-44(35)47-26-40(48-45)30-13-8-11-28(23-30)27-10-7-12-29(22-27)31-19-9-20-37-39-25-42-38(24-43(39)50-46(31)37)34-16-5-6-21-41(34)49-42/h1-26H. The van der Waals surface area contributed by atoms with E-state index in [1.54, 1.807) is 0 Å². The zero-order valence-corrected chi connectivity index (χ0v) is 26.7. The van der Waals surface area contributed by atoms with Crippen LogP contribution in [0.1, 0.15) is 0 Å². The SMILES string of the molecule is c1cc(-c2cccc(-c3cccc4c3oc3cc5c(cc34)oc3ccccc35)c2)cc(-c2cnc3c4ccccc4c4ccccc4c3n2)c1. The summed E-state index contributed by atoms with van der Waals surface area (Å²) in [4.78, 5) is 10.2. The van der Waals surface area contributed by atoms with Gasteiger partial charge in [-0.1, -0.05) is 121 Å². The van der Waals surface area contributed by atoms with Gasteiger partial charge < -0.3 is 8.83 Å². The largest absolute Gasteiger partial charge is 0.456 e. The molecule has 0 amide bonds.